The van der Waals surface area contributed by atoms with E-state index in [-0.39, 0.29) is 0 Å². The molecule has 0 bridgehead atoms. The Bertz CT molecular complexity index is 375. The van der Waals surface area contributed by atoms with E-state index >= 15 is 0 Å². The minimum absolute atomic E-state index is 0.402. The number of aromatic nitrogens is 2. The van der Waals surface area contributed by atoms with Crippen LogP contribution in [0.15, 0.2) is 12.4 Å². The van der Waals surface area contributed by atoms with Gasteiger partial charge in [0.25, 0.3) is 0 Å². The third-order valence-electron chi connectivity index (χ3n) is 2.98. The maximum absolute atomic E-state index is 11.1. The summed E-state index contributed by atoms with van der Waals surface area (Å²) in [6, 6.07) is 0. The van der Waals surface area contributed by atoms with Crippen molar-refractivity contribution in [2.24, 2.45) is 5.92 Å². The van der Waals surface area contributed by atoms with Gasteiger partial charge in [-0.2, -0.15) is 0 Å². The van der Waals surface area contributed by atoms with Crippen molar-refractivity contribution < 1.29 is 14.6 Å². The first kappa shape index (κ1) is 11.1. The van der Waals surface area contributed by atoms with Crippen LogP contribution < -0.4 is 0 Å². The third-order valence-corrected chi connectivity index (χ3v) is 2.98. The Morgan fingerprint density at radius 3 is 3.25 bits per heavy atom. The Morgan fingerprint density at radius 1 is 1.75 bits per heavy atom. The molecule has 5 heteroatoms. The predicted octanol–water partition coefficient (Wildman–Crippen LogP) is 1.46. The number of carboxylic acid groups (broad SMARTS) is 1. The van der Waals surface area contributed by atoms with Crippen LogP contribution in [0.1, 0.15) is 31.7 Å². The molecule has 2 unspecified atom stereocenters. The molecular weight excluding hydrogens is 208 g/mol. The van der Waals surface area contributed by atoms with Crippen LogP contribution in [-0.2, 0) is 16.1 Å². The fourth-order valence-corrected chi connectivity index (χ4v) is 2.13. The molecule has 0 aliphatic carbocycles. The van der Waals surface area contributed by atoms with Gasteiger partial charge in [-0.15, -0.1) is 0 Å². The topological polar surface area (TPSA) is 64.4 Å². The summed E-state index contributed by atoms with van der Waals surface area (Å²) in [6.07, 6.45) is 4.61. The van der Waals surface area contributed by atoms with Crippen molar-refractivity contribution in [3.63, 3.8) is 0 Å². The molecule has 1 aromatic heterocycles. The van der Waals surface area contributed by atoms with Crippen LogP contribution in [0.4, 0.5) is 0 Å². The number of rotatable bonds is 3. The highest BCUT2D eigenvalue weighted by Crippen LogP contribution is 2.32. The molecule has 0 aromatic carbocycles. The van der Waals surface area contributed by atoms with Gasteiger partial charge < -0.3 is 14.4 Å². The van der Waals surface area contributed by atoms with Crippen LogP contribution in [0, 0.1) is 5.92 Å². The molecule has 1 fully saturated rings. The first-order valence-corrected chi connectivity index (χ1v) is 5.59. The molecule has 0 amide bonds. The van der Waals surface area contributed by atoms with Gasteiger partial charge in [0.2, 0.25) is 0 Å². The maximum atomic E-state index is 11.1. The number of hydrogen-bond acceptors (Lipinski definition) is 3. The zero-order valence-corrected chi connectivity index (χ0v) is 9.30. The second-order valence-corrected chi connectivity index (χ2v) is 3.95. The lowest BCUT2D eigenvalue weighted by molar-refractivity contribution is -0.152. The van der Waals surface area contributed by atoms with Gasteiger partial charge in [0, 0.05) is 25.5 Å². The highest BCUT2D eigenvalue weighted by Gasteiger charge is 2.35. The van der Waals surface area contributed by atoms with Crippen molar-refractivity contribution in [3.8, 4) is 0 Å². The van der Waals surface area contributed by atoms with Crippen LogP contribution in [0.3, 0.4) is 0 Å². The molecule has 16 heavy (non-hydrogen) atoms. The zero-order chi connectivity index (χ0) is 11.5. The van der Waals surface area contributed by atoms with Gasteiger partial charge in [-0.05, 0) is 19.8 Å². The molecule has 0 spiro atoms. The number of imidazole rings is 1. The number of aliphatic carboxylic acids is 1. The number of carboxylic acids is 1. The lowest BCUT2D eigenvalue weighted by Gasteiger charge is -2.28. The van der Waals surface area contributed by atoms with Gasteiger partial charge in [-0.1, -0.05) is 0 Å². The molecule has 2 atom stereocenters. The van der Waals surface area contributed by atoms with Gasteiger partial charge in [0.05, 0.1) is 5.92 Å². The van der Waals surface area contributed by atoms with Crippen LogP contribution >= 0.6 is 0 Å². The van der Waals surface area contributed by atoms with Crippen molar-refractivity contribution in [1.82, 2.24) is 9.55 Å². The second kappa shape index (κ2) is 4.65. The van der Waals surface area contributed by atoms with Crippen molar-refractivity contribution in [2.45, 2.75) is 32.4 Å². The van der Waals surface area contributed by atoms with Gasteiger partial charge in [-0.25, -0.2) is 4.98 Å². The van der Waals surface area contributed by atoms with E-state index in [1.807, 2.05) is 17.7 Å². The molecule has 1 saturated heterocycles. The predicted molar refractivity (Wildman–Crippen MR) is 57.0 cm³/mol. The highest BCUT2D eigenvalue weighted by molar-refractivity contribution is 5.71. The fourth-order valence-electron chi connectivity index (χ4n) is 2.13. The minimum atomic E-state index is -0.796. The lowest BCUT2D eigenvalue weighted by atomic mass is 9.94. The Morgan fingerprint density at radius 2 is 2.56 bits per heavy atom. The smallest absolute Gasteiger partial charge is 0.309 e. The normalized spacial score (nSPS) is 25.6. The quantitative estimate of drug-likeness (QED) is 0.844. The highest BCUT2D eigenvalue weighted by atomic mass is 16.5. The van der Waals surface area contributed by atoms with Crippen molar-refractivity contribution in [3.05, 3.63) is 18.2 Å². The van der Waals surface area contributed by atoms with E-state index in [4.69, 9.17) is 9.84 Å². The van der Waals surface area contributed by atoms with Crippen molar-refractivity contribution >= 4 is 5.97 Å². The molecular formula is C11H16N2O3. The Hall–Kier alpha value is -1.36. The molecule has 2 rings (SSSR count). The molecule has 1 aromatic rings. The Balaban J connectivity index is 2.26. The zero-order valence-electron chi connectivity index (χ0n) is 9.30. The van der Waals surface area contributed by atoms with Crippen molar-refractivity contribution in [1.29, 1.82) is 0 Å². The summed E-state index contributed by atoms with van der Waals surface area (Å²) < 4.78 is 7.51. The summed E-state index contributed by atoms with van der Waals surface area (Å²) in [6.45, 7) is 3.40. The van der Waals surface area contributed by atoms with Crippen LogP contribution in [0.5, 0.6) is 0 Å². The number of nitrogens with zero attached hydrogens (tertiary/aromatic N) is 2. The molecule has 0 radical (unpaired) electrons. The largest absolute Gasteiger partial charge is 0.481 e. The SMILES string of the molecule is CCn1ccnc1C1OCCCC1C(=O)O. The van der Waals surface area contributed by atoms with Crippen LogP contribution in [0.25, 0.3) is 0 Å². The summed E-state index contributed by atoms with van der Waals surface area (Å²) in [7, 11) is 0. The average molecular weight is 224 g/mol. The van der Waals surface area contributed by atoms with E-state index in [9.17, 15) is 4.79 Å². The molecule has 1 N–H and O–H groups in total. The first-order chi connectivity index (χ1) is 7.74. The number of ether oxygens (including phenoxy) is 1. The van der Waals surface area contributed by atoms with E-state index in [1.165, 1.54) is 0 Å². The Labute approximate surface area is 94.1 Å². The maximum Gasteiger partial charge on any atom is 0.309 e. The monoisotopic (exact) mass is 224 g/mol. The summed E-state index contributed by atoms with van der Waals surface area (Å²) in [4.78, 5) is 15.4. The number of carbonyl (C=O) groups is 1. The summed E-state index contributed by atoms with van der Waals surface area (Å²) in [5.74, 6) is -0.536. The fraction of sp³-hybridized carbons (Fsp3) is 0.636. The van der Waals surface area contributed by atoms with E-state index in [1.54, 1.807) is 6.20 Å². The number of hydrogen-bond donors (Lipinski definition) is 1. The molecule has 5 nitrogen and oxygen atoms in total. The standard InChI is InChI=1S/C11H16N2O3/c1-2-13-6-5-12-10(13)9-8(11(14)15)4-3-7-16-9/h5-6,8-9H,2-4,7H2,1H3,(H,14,15). The van der Waals surface area contributed by atoms with E-state index in [2.05, 4.69) is 4.98 Å². The summed E-state index contributed by atoms with van der Waals surface area (Å²) in [5.41, 5.74) is 0. The van der Waals surface area contributed by atoms with Crippen LogP contribution in [0.2, 0.25) is 0 Å². The van der Waals surface area contributed by atoms with Crippen LogP contribution in [-0.4, -0.2) is 27.2 Å². The van der Waals surface area contributed by atoms with Crippen molar-refractivity contribution in [2.75, 3.05) is 6.61 Å². The molecule has 2 heterocycles. The summed E-state index contributed by atoms with van der Waals surface area (Å²) in [5, 5.41) is 9.15. The van der Waals surface area contributed by atoms with Gasteiger partial charge in [0.15, 0.2) is 0 Å². The second-order valence-electron chi connectivity index (χ2n) is 3.95. The van der Waals surface area contributed by atoms with E-state index in [0.29, 0.717) is 13.0 Å². The van der Waals surface area contributed by atoms with Gasteiger partial charge in [-0.3, -0.25) is 4.79 Å². The van der Waals surface area contributed by atoms with E-state index < -0.39 is 18.0 Å². The van der Waals surface area contributed by atoms with E-state index in [0.717, 1.165) is 18.8 Å². The number of aryl methyl sites for hydroxylation is 1. The van der Waals surface area contributed by atoms with Gasteiger partial charge in [0.1, 0.15) is 11.9 Å². The molecule has 1 aliphatic heterocycles. The van der Waals surface area contributed by atoms with Gasteiger partial charge >= 0.3 is 5.97 Å². The minimum Gasteiger partial charge on any atom is -0.481 e. The molecule has 88 valence electrons. The first-order valence-electron chi connectivity index (χ1n) is 5.59. The Kier molecular flexibility index (Phi) is 3.24. The summed E-state index contributed by atoms with van der Waals surface area (Å²) >= 11 is 0. The molecule has 1 aliphatic rings. The lowest BCUT2D eigenvalue weighted by Crippen LogP contribution is -2.30. The third kappa shape index (κ3) is 1.95. The average Bonchev–Trinajstić information content (AvgIpc) is 2.76. The molecule has 0 saturated carbocycles.